The fourth-order valence-electron chi connectivity index (χ4n) is 4.03. The third kappa shape index (κ3) is 5.00. The average molecular weight is 361 g/mol. The molecule has 2 heterocycles. The number of aryl methyl sites for hydroxylation is 1. The molecule has 6 heteroatoms. The van der Waals surface area contributed by atoms with E-state index in [1.54, 1.807) is 0 Å². The van der Waals surface area contributed by atoms with Gasteiger partial charge in [0, 0.05) is 38.3 Å². The van der Waals surface area contributed by atoms with Gasteiger partial charge in [-0.1, -0.05) is 0 Å². The summed E-state index contributed by atoms with van der Waals surface area (Å²) in [6.45, 7) is 7.86. The van der Waals surface area contributed by atoms with Crippen molar-refractivity contribution in [1.29, 1.82) is 0 Å². The maximum absolute atomic E-state index is 4.78. The quantitative estimate of drug-likeness (QED) is 0.624. The van der Waals surface area contributed by atoms with Gasteiger partial charge in [0.15, 0.2) is 5.96 Å². The second-order valence-electron chi connectivity index (χ2n) is 8.29. The third-order valence-electron chi connectivity index (χ3n) is 5.87. The number of piperidine rings is 1. The van der Waals surface area contributed by atoms with Crippen molar-refractivity contribution in [2.75, 3.05) is 33.7 Å². The van der Waals surface area contributed by atoms with Gasteiger partial charge < -0.3 is 15.5 Å². The molecule has 146 valence electrons. The Labute approximate surface area is 158 Å². The molecular formula is C20H36N6. The molecule has 1 aliphatic heterocycles. The average Bonchev–Trinajstić information content (AvgIpc) is 3.06. The Morgan fingerprint density at radius 2 is 2.08 bits per heavy atom. The van der Waals surface area contributed by atoms with Gasteiger partial charge in [0.05, 0.1) is 5.69 Å². The number of guanidine groups is 1. The minimum Gasteiger partial charge on any atom is -0.356 e. The molecule has 1 aromatic rings. The Kier molecular flexibility index (Phi) is 6.57. The Morgan fingerprint density at radius 1 is 1.31 bits per heavy atom. The molecule has 2 N–H and O–H groups in total. The molecule has 1 aromatic heterocycles. The molecule has 6 nitrogen and oxygen atoms in total. The van der Waals surface area contributed by atoms with Crippen LogP contribution in [0.1, 0.15) is 56.8 Å². The van der Waals surface area contributed by atoms with Crippen molar-refractivity contribution in [3.05, 3.63) is 17.5 Å². The standard InChI is InChI=1S/C20H36N6/c1-15(2)26-14-17-5-6-18(13-19(17)24-26)23-20(21-3)22-10-7-16-8-11-25(4)12-9-16/h14-16,18H,5-13H2,1-4H3,(H2,21,22,23). The molecule has 1 saturated heterocycles. The zero-order chi connectivity index (χ0) is 18.5. The van der Waals surface area contributed by atoms with Crippen LogP contribution in [0.3, 0.4) is 0 Å². The van der Waals surface area contributed by atoms with Crippen molar-refractivity contribution < 1.29 is 0 Å². The van der Waals surface area contributed by atoms with E-state index in [1.165, 1.54) is 43.6 Å². The molecule has 1 aliphatic carbocycles. The van der Waals surface area contributed by atoms with Crippen LogP contribution < -0.4 is 10.6 Å². The highest BCUT2D eigenvalue weighted by atomic mass is 15.3. The van der Waals surface area contributed by atoms with Crippen LogP contribution in [-0.2, 0) is 12.8 Å². The smallest absolute Gasteiger partial charge is 0.191 e. The second-order valence-corrected chi connectivity index (χ2v) is 8.29. The summed E-state index contributed by atoms with van der Waals surface area (Å²) in [6, 6.07) is 0.855. The third-order valence-corrected chi connectivity index (χ3v) is 5.87. The van der Waals surface area contributed by atoms with Crippen molar-refractivity contribution in [3.63, 3.8) is 0 Å². The lowest BCUT2D eigenvalue weighted by Crippen LogP contribution is -2.46. The van der Waals surface area contributed by atoms with E-state index in [9.17, 15) is 0 Å². The first-order chi connectivity index (χ1) is 12.5. The van der Waals surface area contributed by atoms with Crippen LogP contribution in [0.2, 0.25) is 0 Å². The first-order valence-corrected chi connectivity index (χ1v) is 10.3. The predicted octanol–water partition coefficient (Wildman–Crippen LogP) is 2.22. The number of aromatic nitrogens is 2. The van der Waals surface area contributed by atoms with Crippen LogP contribution in [-0.4, -0.2) is 60.4 Å². The molecule has 1 fully saturated rings. The van der Waals surface area contributed by atoms with Crippen molar-refractivity contribution in [2.45, 2.75) is 64.5 Å². The Balaban J connectivity index is 1.43. The summed E-state index contributed by atoms with van der Waals surface area (Å²) in [5, 5.41) is 11.9. The zero-order valence-electron chi connectivity index (χ0n) is 17.0. The summed E-state index contributed by atoms with van der Waals surface area (Å²) < 4.78 is 2.10. The van der Waals surface area contributed by atoms with Gasteiger partial charge >= 0.3 is 0 Å². The van der Waals surface area contributed by atoms with Gasteiger partial charge in [-0.25, -0.2) is 0 Å². The number of likely N-dealkylation sites (tertiary alicyclic amines) is 1. The fourth-order valence-corrected chi connectivity index (χ4v) is 4.03. The molecule has 0 aromatic carbocycles. The largest absolute Gasteiger partial charge is 0.356 e. The normalized spacial score (nSPS) is 22.5. The van der Waals surface area contributed by atoms with Crippen LogP contribution in [0.25, 0.3) is 0 Å². The van der Waals surface area contributed by atoms with Crippen molar-refractivity contribution in [1.82, 2.24) is 25.3 Å². The summed E-state index contributed by atoms with van der Waals surface area (Å²) >= 11 is 0. The lowest BCUT2D eigenvalue weighted by molar-refractivity contribution is 0.213. The van der Waals surface area contributed by atoms with Crippen LogP contribution in [0.4, 0.5) is 0 Å². The Bertz CT molecular complexity index is 597. The van der Waals surface area contributed by atoms with E-state index >= 15 is 0 Å². The van der Waals surface area contributed by atoms with E-state index in [2.05, 4.69) is 52.3 Å². The molecule has 1 atom stereocenters. The molecule has 0 spiro atoms. The van der Waals surface area contributed by atoms with Crippen LogP contribution in [0.15, 0.2) is 11.2 Å². The van der Waals surface area contributed by atoms with Crippen LogP contribution >= 0.6 is 0 Å². The number of hydrogen-bond donors (Lipinski definition) is 2. The minimum atomic E-state index is 0.424. The Hall–Kier alpha value is -1.56. The van der Waals surface area contributed by atoms with E-state index in [0.717, 1.165) is 37.7 Å². The molecule has 26 heavy (non-hydrogen) atoms. The lowest BCUT2D eigenvalue weighted by atomic mass is 9.93. The van der Waals surface area contributed by atoms with Crippen molar-refractivity contribution in [3.8, 4) is 0 Å². The molecule has 1 unspecified atom stereocenters. The molecule has 0 bridgehead atoms. The van der Waals surface area contributed by atoms with Gasteiger partial charge in [-0.3, -0.25) is 9.67 Å². The maximum Gasteiger partial charge on any atom is 0.191 e. The summed E-state index contributed by atoms with van der Waals surface area (Å²) in [7, 11) is 4.09. The van der Waals surface area contributed by atoms with Gasteiger partial charge in [0.1, 0.15) is 0 Å². The molecule has 2 aliphatic rings. The van der Waals surface area contributed by atoms with Gasteiger partial charge in [-0.05, 0) is 77.6 Å². The lowest BCUT2D eigenvalue weighted by Gasteiger charge is -2.29. The fraction of sp³-hybridized carbons (Fsp3) is 0.800. The van der Waals surface area contributed by atoms with Gasteiger partial charge in [-0.15, -0.1) is 0 Å². The SMILES string of the molecule is CN=C(NCCC1CCN(C)CC1)NC1CCc2cn(C(C)C)nc2C1. The van der Waals surface area contributed by atoms with Gasteiger partial charge in [0.2, 0.25) is 0 Å². The maximum atomic E-state index is 4.78. The van der Waals surface area contributed by atoms with Crippen LogP contribution in [0, 0.1) is 5.92 Å². The van der Waals surface area contributed by atoms with E-state index in [-0.39, 0.29) is 0 Å². The van der Waals surface area contributed by atoms with E-state index in [0.29, 0.717) is 12.1 Å². The minimum absolute atomic E-state index is 0.424. The number of aliphatic imine (C=N–C) groups is 1. The molecule has 0 radical (unpaired) electrons. The number of rotatable bonds is 5. The van der Waals surface area contributed by atoms with E-state index < -0.39 is 0 Å². The Morgan fingerprint density at radius 3 is 2.77 bits per heavy atom. The van der Waals surface area contributed by atoms with Gasteiger partial charge in [-0.2, -0.15) is 5.10 Å². The second kappa shape index (κ2) is 8.89. The molecule has 3 rings (SSSR count). The predicted molar refractivity (Wildman–Crippen MR) is 108 cm³/mol. The summed E-state index contributed by atoms with van der Waals surface area (Å²) in [4.78, 5) is 6.86. The summed E-state index contributed by atoms with van der Waals surface area (Å²) in [6.07, 6.45) is 9.36. The monoisotopic (exact) mass is 360 g/mol. The number of nitrogens with one attached hydrogen (secondary N) is 2. The summed E-state index contributed by atoms with van der Waals surface area (Å²) in [5.74, 6) is 1.80. The molecular weight excluding hydrogens is 324 g/mol. The topological polar surface area (TPSA) is 57.5 Å². The van der Waals surface area contributed by atoms with E-state index in [1.807, 2.05) is 7.05 Å². The first-order valence-electron chi connectivity index (χ1n) is 10.3. The first kappa shape index (κ1) is 19.2. The molecule has 0 saturated carbocycles. The number of nitrogens with zero attached hydrogens (tertiary/aromatic N) is 4. The van der Waals surface area contributed by atoms with Crippen molar-refractivity contribution >= 4 is 5.96 Å². The molecule has 0 amide bonds. The highest BCUT2D eigenvalue weighted by Gasteiger charge is 2.23. The van der Waals surface area contributed by atoms with E-state index in [4.69, 9.17) is 5.10 Å². The summed E-state index contributed by atoms with van der Waals surface area (Å²) in [5.41, 5.74) is 2.67. The van der Waals surface area contributed by atoms with Crippen LogP contribution in [0.5, 0.6) is 0 Å². The van der Waals surface area contributed by atoms with Crippen molar-refractivity contribution in [2.24, 2.45) is 10.9 Å². The number of hydrogen-bond acceptors (Lipinski definition) is 3. The highest BCUT2D eigenvalue weighted by Crippen LogP contribution is 2.22. The zero-order valence-corrected chi connectivity index (χ0v) is 17.0. The number of fused-ring (bicyclic) bond motifs is 1. The van der Waals surface area contributed by atoms with Gasteiger partial charge in [0.25, 0.3) is 0 Å². The highest BCUT2D eigenvalue weighted by molar-refractivity contribution is 5.80.